The van der Waals surface area contributed by atoms with Crippen molar-refractivity contribution >= 4 is 23.2 Å². The zero-order valence-corrected chi connectivity index (χ0v) is 15.9. The first-order chi connectivity index (χ1) is 13.3. The summed E-state index contributed by atoms with van der Waals surface area (Å²) in [6, 6.07) is 10.6. The molecule has 1 aliphatic rings. The van der Waals surface area contributed by atoms with E-state index in [0.717, 1.165) is 10.6 Å². The molecule has 9 heteroatoms. The number of halogens is 4. The van der Waals surface area contributed by atoms with Gasteiger partial charge in [-0.25, -0.2) is 0 Å². The maximum atomic E-state index is 12.9. The third-order valence-corrected chi connectivity index (χ3v) is 4.79. The Bertz CT molecular complexity index is 775. The normalized spacial score (nSPS) is 15.6. The molecule has 1 aromatic heterocycles. The fourth-order valence-corrected chi connectivity index (χ4v) is 3.35. The van der Waals surface area contributed by atoms with Crippen LogP contribution in [0.2, 0.25) is 5.02 Å². The maximum Gasteiger partial charge on any atom is 0.406 e. The van der Waals surface area contributed by atoms with Gasteiger partial charge in [-0.2, -0.15) is 13.2 Å². The van der Waals surface area contributed by atoms with Gasteiger partial charge in [0.2, 0.25) is 5.91 Å². The number of anilines is 1. The summed E-state index contributed by atoms with van der Waals surface area (Å²) < 4.78 is 43.8. The van der Waals surface area contributed by atoms with E-state index in [-0.39, 0.29) is 13.1 Å². The van der Waals surface area contributed by atoms with Gasteiger partial charge in [0.25, 0.3) is 0 Å². The molecular formula is C19H21ClF3N3O2. The van der Waals surface area contributed by atoms with Gasteiger partial charge in [0.1, 0.15) is 12.3 Å². The minimum absolute atomic E-state index is 0.0554. The van der Waals surface area contributed by atoms with E-state index in [0.29, 0.717) is 37.0 Å². The minimum atomic E-state index is -4.46. The van der Waals surface area contributed by atoms with Crippen LogP contribution in [-0.4, -0.2) is 61.2 Å². The lowest BCUT2D eigenvalue weighted by molar-refractivity contribution is -0.163. The number of rotatable bonds is 6. The summed E-state index contributed by atoms with van der Waals surface area (Å²) >= 11 is 6.02. The molecule has 0 N–H and O–H groups in total. The molecule has 0 atom stereocenters. The molecule has 1 amide bonds. The fraction of sp³-hybridized carbons (Fsp3) is 0.421. The van der Waals surface area contributed by atoms with Crippen molar-refractivity contribution in [3.8, 4) is 0 Å². The second-order valence-electron chi connectivity index (χ2n) is 6.69. The van der Waals surface area contributed by atoms with Crippen LogP contribution in [0.15, 0.2) is 47.1 Å². The maximum absolute atomic E-state index is 12.9. The smallest absolute Gasteiger partial charge is 0.406 e. The van der Waals surface area contributed by atoms with Gasteiger partial charge in [-0.05, 0) is 30.3 Å². The molecule has 0 spiro atoms. The standard InChI is InChI=1S/C19H21ClF3N3O2/c20-15-3-1-4-16(11-15)25-8-6-24(7-9-25)13-18(27)26(14-19(21,22)23)12-17-5-2-10-28-17/h1-5,10-11H,6-9,12-14H2. The summed E-state index contributed by atoms with van der Waals surface area (Å²) in [5, 5.41) is 0.649. The number of alkyl halides is 3. The number of furan rings is 1. The lowest BCUT2D eigenvalue weighted by Gasteiger charge is -2.36. The van der Waals surface area contributed by atoms with Gasteiger partial charge >= 0.3 is 6.18 Å². The van der Waals surface area contributed by atoms with Gasteiger partial charge in [0, 0.05) is 36.9 Å². The topological polar surface area (TPSA) is 39.9 Å². The van der Waals surface area contributed by atoms with Crippen LogP contribution in [0.25, 0.3) is 0 Å². The molecule has 152 valence electrons. The molecular weight excluding hydrogens is 395 g/mol. The highest BCUT2D eigenvalue weighted by Crippen LogP contribution is 2.22. The summed E-state index contributed by atoms with van der Waals surface area (Å²) in [6.45, 7) is 0.955. The zero-order valence-electron chi connectivity index (χ0n) is 15.2. The molecule has 1 aromatic carbocycles. The first-order valence-corrected chi connectivity index (χ1v) is 9.28. The van der Waals surface area contributed by atoms with Gasteiger partial charge in [0.15, 0.2) is 0 Å². The van der Waals surface area contributed by atoms with E-state index in [4.69, 9.17) is 16.0 Å². The number of amides is 1. The average molecular weight is 416 g/mol. The van der Waals surface area contributed by atoms with Crippen LogP contribution >= 0.6 is 11.6 Å². The number of hydrogen-bond acceptors (Lipinski definition) is 4. The summed E-state index contributed by atoms with van der Waals surface area (Å²) in [4.78, 5) is 17.3. The average Bonchev–Trinajstić information content (AvgIpc) is 3.14. The van der Waals surface area contributed by atoms with Crippen LogP contribution in [0.1, 0.15) is 5.76 Å². The van der Waals surface area contributed by atoms with Crippen molar-refractivity contribution in [2.45, 2.75) is 12.7 Å². The van der Waals surface area contributed by atoms with Crippen LogP contribution in [0.3, 0.4) is 0 Å². The molecule has 5 nitrogen and oxygen atoms in total. The number of nitrogens with zero attached hydrogens (tertiary/aromatic N) is 3. The molecule has 0 aliphatic carbocycles. The van der Waals surface area contributed by atoms with E-state index in [1.54, 1.807) is 18.2 Å². The monoisotopic (exact) mass is 415 g/mol. The van der Waals surface area contributed by atoms with Crippen LogP contribution in [0.5, 0.6) is 0 Å². The Hall–Kier alpha value is -2.19. The van der Waals surface area contributed by atoms with Crippen molar-refractivity contribution in [1.29, 1.82) is 0 Å². The third-order valence-electron chi connectivity index (χ3n) is 4.55. The Kier molecular flexibility index (Phi) is 6.51. The molecule has 1 saturated heterocycles. The highest BCUT2D eigenvalue weighted by molar-refractivity contribution is 6.30. The summed E-state index contributed by atoms with van der Waals surface area (Å²) in [5.41, 5.74) is 0.995. The first-order valence-electron chi connectivity index (χ1n) is 8.90. The molecule has 0 saturated carbocycles. The van der Waals surface area contributed by atoms with Crippen molar-refractivity contribution in [2.24, 2.45) is 0 Å². The molecule has 1 aliphatic heterocycles. The Morgan fingerprint density at radius 3 is 2.50 bits per heavy atom. The van der Waals surface area contributed by atoms with Gasteiger partial charge < -0.3 is 14.2 Å². The van der Waals surface area contributed by atoms with E-state index >= 15 is 0 Å². The molecule has 2 heterocycles. The molecule has 0 bridgehead atoms. The summed E-state index contributed by atoms with van der Waals surface area (Å²) in [6.07, 6.45) is -3.09. The van der Waals surface area contributed by atoms with Crippen molar-refractivity contribution in [2.75, 3.05) is 44.2 Å². The van der Waals surface area contributed by atoms with Crippen molar-refractivity contribution < 1.29 is 22.4 Å². The van der Waals surface area contributed by atoms with Crippen molar-refractivity contribution in [3.05, 3.63) is 53.4 Å². The van der Waals surface area contributed by atoms with E-state index < -0.39 is 18.6 Å². The molecule has 2 aromatic rings. The molecule has 1 fully saturated rings. The van der Waals surface area contributed by atoms with Crippen LogP contribution in [-0.2, 0) is 11.3 Å². The van der Waals surface area contributed by atoms with Crippen molar-refractivity contribution in [1.82, 2.24) is 9.80 Å². The predicted octanol–water partition coefficient (Wildman–Crippen LogP) is 3.65. The van der Waals surface area contributed by atoms with E-state index in [2.05, 4.69) is 4.90 Å². The van der Waals surface area contributed by atoms with E-state index in [1.165, 1.54) is 6.26 Å². The lowest BCUT2D eigenvalue weighted by atomic mass is 10.2. The number of piperazine rings is 1. The molecule has 0 radical (unpaired) electrons. The quantitative estimate of drug-likeness (QED) is 0.722. The second-order valence-corrected chi connectivity index (χ2v) is 7.12. The van der Waals surface area contributed by atoms with Crippen molar-refractivity contribution in [3.63, 3.8) is 0 Å². The third kappa shape index (κ3) is 5.90. The molecule has 3 rings (SSSR count). The van der Waals surface area contributed by atoms with Crippen LogP contribution in [0, 0.1) is 0 Å². The van der Waals surface area contributed by atoms with Crippen LogP contribution in [0.4, 0.5) is 18.9 Å². The Morgan fingerprint density at radius 1 is 1.14 bits per heavy atom. The number of benzene rings is 1. The largest absolute Gasteiger partial charge is 0.467 e. The number of carbonyl (C=O) groups is 1. The van der Waals surface area contributed by atoms with Gasteiger partial charge in [-0.15, -0.1) is 0 Å². The number of carbonyl (C=O) groups excluding carboxylic acids is 1. The second kappa shape index (κ2) is 8.87. The molecule has 28 heavy (non-hydrogen) atoms. The fourth-order valence-electron chi connectivity index (χ4n) is 3.17. The Labute approximate surface area is 166 Å². The van der Waals surface area contributed by atoms with Crippen LogP contribution < -0.4 is 4.90 Å². The highest BCUT2D eigenvalue weighted by Gasteiger charge is 2.34. The van der Waals surface area contributed by atoms with E-state index in [1.807, 2.05) is 23.1 Å². The zero-order chi connectivity index (χ0) is 20.1. The highest BCUT2D eigenvalue weighted by atomic mass is 35.5. The Morgan fingerprint density at radius 2 is 1.89 bits per heavy atom. The summed E-state index contributed by atoms with van der Waals surface area (Å²) in [5.74, 6) is -0.242. The van der Waals surface area contributed by atoms with Gasteiger partial charge in [-0.3, -0.25) is 9.69 Å². The van der Waals surface area contributed by atoms with Gasteiger partial charge in [-0.1, -0.05) is 17.7 Å². The summed E-state index contributed by atoms with van der Waals surface area (Å²) in [7, 11) is 0. The first kappa shape index (κ1) is 20.5. The Balaban J connectivity index is 1.56. The van der Waals surface area contributed by atoms with Gasteiger partial charge in [0.05, 0.1) is 19.4 Å². The minimum Gasteiger partial charge on any atom is -0.467 e. The predicted molar refractivity (Wildman–Crippen MR) is 100 cm³/mol. The lowest BCUT2D eigenvalue weighted by Crippen LogP contribution is -2.51. The number of hydrogen-bond donors (Lipinski definition) is 0. The van der Waals surface area contributed by atoms with E-state index in [9.17, 15) is 18.0 Å². The molecule has 0 unspecified atom stereocenters. The SMILES string of the molecule is O=C(CN1CCN(c2cccc(Cl)c2)CC1)N(Cc1ccco1)CC(F)(F)F.